The lowest BCUT2D eigenvalue weighted by Gasteiger charge is -2.11. The van der Waals surface area contributed by atoms with Crippen molar-refractivity contribution in [3.8, 4) is 0 Å². The van der Waals surface area contributed by atoms with Crippen molar-refractivity contribution in [2.45, 2.75) is 26.2 Å². The van der Waals surface area contributed by atoms with Crippen LogP contribution in [0.1, 0.15) is 39.4 Å². The number of hydrogen-bond acceptors (Lipinski definition) is 2. The number of nitrogens with one attached hydrogen (secondary N) is 1. The van der Waals surface area contributed by atoms with Crippen LogP contribution in [0.5, 0.6) is 0 Å². The highest BCUT2D eigenvalue weighted by molar-refractivity contribution is 5.98. The number of rotatable bonds is 4. The van der Waals surface area contributed by atoms with E-state index in [0.717, 1.165) is 23.8 Å². The number of carbonyl (C=O) groups excluding carboxylic acids is 1. The molecule has 0 radical (unpaired) electrons. The third-order valence-corrected chi connectivity index (χ3v) is 4.54. The normalized spacial score (nSPS) is 18.7. The van der Waals surface area contributed by atoms with Crippen molar-refractivity contribution in [1.82, 2.24) is 0 Å². The highest BCUT2D eigenvalue weighted by atomic mass is 19.1. The second-order valence-corrected chi connectivity index (χ2v) is 6.39. The fourth-order valence-corrected chi connectivity index (χ4v) is 3.07. The molecule has 2 N–H and O–H groups in total. The molecule has 2 unspecified atom stereocenters. The molecule has 1 amide bonds. The van der Waals surface area contributed by atoms with Crippen molar-refractivity contribution in [2.24, 2.45) is 5.92 Å². The number of aromatic carboxylic acids is 1. The molecule has 2 aromatic carbocycles. The van der Waals surface area contributed by atoms with Gasteiger partial charge >= 0.3 is 5.97 Å². The highest BCUT2D eigenvalue weighted by Gasteiger charge is 2.45. The van der Waals surface area contributed by atoms with E-state index in [1.165, 1.54) is 6.07 Å². The maximum absolute atomic E-state index is 13.8. The zero-order chi connectivity index (χ0) is 18.3. The molecule has 2 atom stereocenters. The van der Waals surface area contributed by atoms with Gasteiger partial charge in [0.05, 0.1) is 5.56 Å². The van der Waals surface area contributed by atoms with E-state index in [4.69, 9.17) is 0 Å². The predicted octanol–water partition coefficient (Wildman–Crippen LogP) is 4.02. The Kier molecular flexibility index (Phi) is 4.29. The Morgan fingerprint density at radius 2 is 1.84 bits per heavy atom. The van der Waals surface area contributed by atoms with Gasteiger partial charge in [-0.15, -0.1) is 0 Å². The Balaban J connectivity index is 1.77. The van der Waals surface area contributed by atoms with Gasteiger partial charge in [-0.3, -0.25) is 4.79 Å². The molecule has 1 fully saturated rings. The SMILES string of the molecule is Cc1cc(C)c(C(=O)O)cc1NC(=O)C1CC1c1cc(F)ccc1F. The van der Waals surface area contributed by atoms with Gasteiger partial charge in [0.1, 0.15) is 11.6 Å². The number of anilines is 1. The molecule has 1 aliphatic carbocycles. The van der Waals surface area contributed by atoms with E-state index in [2.05, 4.69) is 5.32 Å². The number of amides is 1. The van der Waals surface area contributed by atoms with Gasteiger partial charge in [0, 0.05) is 11.6 Å². The van der Waals surface area contributed by atoms with Crippen LogP contribution in [0.3, 0.4) is 0 Å². The molecule has 130 valence electrons. The van der Waals surface area contributed by atoms with Gasteiger partial charge in [0.2, 0.25) is 5.91 Å². The standard InChI is InChI=1S/C19H17F2NO3/c1-9-5-10(2)17(8-12(9)19(24)25)22-18(23)15-7-13(15)14-6-11(20)3-4-16(14)21/h3-6,8,13,15H,7H2,1-2H3,(H,22,23)(H,24,25). The Morgan fingerprint density at radius 3 is 2.52 bits per heavy atom. The van der Waals surface area contributed by atoms with E-state index in [9.17, 15) is 23.5 Å². The van der Waals surface area contributed by atoms with Gasteiger partial charge in [-0.2, -0.15) is 0 Å². The monoisotopic (exact) mass is 345 g/mol. The van der Waals surface area contributed by atoms with Gasteiger partial charge in [0.15, 0.2) is 0 Å². The second kappa shape index (κ2) is 6.27. The summed E-state index contributed by atoms with van der Waals surface area (Å²) in [5.74, 6) is -3.27. The van der Waals surface area contributed by atoms with Gasteiger partial charge in [0.25, 0.3) is 0 Å². The van der Waals surface area contributed by atoms with Crippen molar-refractivity contribution >= 4 is 17.6 Å². The average Bonchev–Trinajstić information content (AvgIpc) is 3.32. The lowest BCUT2D eigenvalue weighted by molar-refractivity contribution is -0.117. The molecule has 25 heavy (non-hydrogen) atoms. The Morgan fingerprint density at radius 1 is 1.12 bits per heavy atom. The third-order valence-electron chi connectivity index (χ3n) is 4.54. The molecular formula is C19H17F2NO3. The van der Waals surface area contributed by atoms with Crippen LogP contribution in [0.15, 0.2) is 30.3 Å². The minimum atomic E-state index is -1.07. The number of halogens is 2. The summed E-state index contributed by atoms with van der Waals surface area (Å²) in [5.41, 5.74) is 2.08. The maximum Gasteiger partial charge on any atom is 0.336 e. The molecule has 2 aromatic rings. The summed E-state index contributed by atoms with van der Waals surface area (Å²) < 4.78 is 27.1. The second-order valence-electron chi connectivity index (χ2n) is 6.39. The molecular weight excluding hydrogens is 328 g/mol. The molecule has 4 nitrogen and oxygen atoms in total. The molecule has 1 saturated carbocycles. The van der Waals surface area contributed by atoms with E-state index < -0.39 is 23.5 Å². The smallest absolute Gasteiger partial charge is 0.336 e. The first-order valence-corrected chi connectivity index (χ1v) is 7.88. The number of carboxylic acid groups (broad SMARTS) is 1. The van der Waals surface area contributed by atoms with Crippen LogP contribution >= 0.6 is 0 Å². The van der Waals surface area contributed by atoms with E-state index in [1.54, 1.807) is 19.9 Å². The summed E-state index contributed by atoms with van der Waals surface area (Å²) in [6.07, 6.45) is 0.433. The predicted molar refractivity (Wildman–Crippen MR) is 88.7 cm³/mol. The van der Waals surface area contributed by atoms with Crippen LogP contribution < -0.4 is 5.32 Å². The minimum Gasteiger partial charge on any atom is -0.478 e. The summed E-state index contributed by atoms with van der Waals surface area (Å²) in [7, 11) is 0. The molecule has 6 heteroatoms. The van der Waals surface area contributed by atoms with Crippen molar-refractivity contribution in [2.75, 3.05) is 5.32 Å². The fraction of sp³-hybridized carbons (Fsp3) is 0.263. The quantitative estimate of drug-likeness (QED) is 0.879. The summed E-state index contributed by atoms with van der Waals surface area (Å²) in [4.78, 5) is 23.6. The summed E-state index contributed by atoms with van der Waals surface area (Å²) in [6.45, 7) is 3.45. The number of hydrogen-bond donors (Lipinski definition) is 2. The van der Waals surface area contributed by atoms with Crippen molar-refractivity contribution < 1.29 is 23.5 Å². The van der Waals surface area contributed by atoms with E-state index in [0.29, 0.717) is 17.7 Å². The molecule has 3 rings (SSSR count). The summed E-state index contributed by atoms with van der Waals surface area (Å²) >= 11 is 0. The van der Waals surface area contributed by atoms with Crippen molar-refractivity contribution in [1.29, 1.82) is 0 Å². The topological polar surface area (TPSA) is 66.4 Å². The minimum absolute atomic E-state index is 0.115. The number of carboxylic acids is 1. The first-order valence-electron chi connectivity index (χ1n) is 7.88. The van der Waals surface area contributed by atoms with Crippen LogP contribution in [-0.2, 0) is 4.79 Å². The van der Waals surface area contributed by atoms with Crippen LogP contribution in [-0.4, -0.2) is 17.0 Å². The summed E-state index contributed by atoms with van der Waals surface area (Å²) in [6, 6.07) is 6.33. The Bertz CT molecular complexity index is 879. The number of aryl methyl sites for hydroxylation is 2. The fourth-order valence-electron chi connectivity index (χ4n) is 3.07. The lowest BCUT2D eigenvalue weighted by Crippen LogP contribution is -2.16. The highest BCUT2D eigenvalue weighted by Crippen LogP contribution is 2.49. The molecule has 0 bridgehead atoms. The molecule has 0 heterocycles. The lowest BCUT2D eigenvalue weighted by atomic mass is 10.0. The Labute approximate surface area is 143 Å². The first kappa shape index (κ1) is 17.1. The average molecular weight is 345 g/mol. The largest absolute Gasteiger partial charge is 0.478 e. The van der Waals surface area contributed by atoms with E-state index in [-0.39, 0.29) is 23.0 Å². The van der Waals surface area contributed by atoms with Crippen molar-refractivity contribution in [3.63, 3.8) is 0 Å². The van der Waals surface area contributed by atoms with Crippen LogP contribution in [0.2, 0.25) is 0 Å². The molecule has 0 aliphatic heterocycles. The Hall–Kier alpha value is -2.76. The zero-order valence-electron chi connectivity index (χ0n) is 13.8. The maximum atomic E-state index is 13.8. The first-order chi connectivity index (χ1) is 11.8. The number of carbonyl (C=O) groups is 2. The van der Waals surface area contributed by atoms with Gasteiger partial charge < -0.3 is 10.4 Å². The van der Waals surface area contributed by atoms with E-state index in [1.807, 2.05) is 0 Å². The van der Waals surface area contributed by atoms with Gasteiger partial charge in [-0.25, -0.2) is 13.6 Å². The summed E-state index contributed by atoms with van der Waals surface area (Å²) in [5, 5.41) is 11.9. The number of benzene rings is 2. The van der Waals surface area contributed by atoms with E-state index >= 15 is 0 Å². The van der Waals surface area contributed by atoms with Crippen LogP contribution in [0, 0.1) is 31.4 Å². The molecule has 0 saturated heterocycles. The van der Waals surface area contributed by atoms with Crippen LogP contribution in [0.4, 0.5) is 14.5 Å². The van der Waals surface area contributed by atoms with Crippen molar-refractivity contribution in [3.05, 3.63) is 64.2 Å². The molecule has 1 aliphatic rings. The third kappa shape index (κ3) is 3.38. The molecule has 0 aromatic heterocycles. The zero-order valence-corrected chi connectivity index (χ0v) is 13.8. The van der Waals surface area contributed by atoms with Gasteiger partial charge in [-0.1, -0.05) is 6.07 Å². The van der Waals surface area contributed by atoms with Gasteiger partial charge in [-0.05, 0) is 67.1 Å². The van der Waals surface area contributed by atoms with Crippen LogP contribution in [0.25, 0.3) is 0 Å². The molecule has 0 spiro atoms.